The van der Waals surface area contributed by atoms with Crippen LogP contribution in [0.2, 0.25) is 31.7 Å². The third kappa shape index (κ3) is 5.05. The maximum atomic E-state index is 9.71. The highest BCUT2D eigenvalue weighted by Crippen LogP contribution is 2.18. The average molecular weight is 208 g/mol. The molecule has 0 atom stereocenters. The third-order valence-corrected chi connectivity index (χ3v) is 6.24. The van der Waals surface area contributed by atoms with Crippen molar-refractivity contribution < 1.29 is 13.6 Å². The maximum absolute atomic E-state index is 9.71. The van der Waals surface area contributed by atoms with E-state index >= 15 is 0 Å². The van der Waals surface area contributed by atoms with E-state index < -0.39 is 16.9 Å². The Hall–Kier alpha value is 0.314. The summed E-state index contributed by atoms with van der Waals surface area (Å²) in [6, 6.07) is 1.74. The van der Waals surface area contributed by atoms with Crippen molar-refractivity contribution in [3.05, 3.63) is 0 Å². The quantitative estimate of drug-likeness (QED) is 0.697. The van der Waals surface area contributed by atoms with E-state index in [0.717, 1.165) is 6.04 Å². The largest absolute Gasteiger partial charge is 0.497 e. The molecule has 0 bridgehead atoms. The van der Waals surface area contributed by atoms with Crippen molar-refractivity contribution in [3.8, 4) is 0 Å². The van der Waals surface area contributed by atoms with E-state index in [1.54, 1.807) is 0 Å². The first-order valence-electron chi connectivity index (χ1n) is 4.16. The Bertz CT molecular complexity index is 129. The van der Waals surface area contributed by atoms with Gasteiger partial charge < -0.3 is 13.6 Å². The minimum atomic E-state index is -2.77. The summed E-state index contributed by atoms with van der Waals surface area (Å²) in [5.41, 5.74) is 0. The molecule has 0 amide bonds. The summed E-state index contributed by atoms with van der Waals surface area (Å²) in [4.78, 5) is 9.71. The molecule has 0 aromatic rings. The molecule has 1 N–H and O–H groups in total. The second kappa shape index (κ2) is 4.52. The maximum Gasteiger partial charge on any atom is 0.497 e. The summed E-state index contributed by atoms with van der Waals surface area (Å²) < 4.78 is 9.95. The lowest BCUT2D eigenvalue weighted by Gasteiger charge is -2.23. The summed E-state index contributed by atoms with van der Waals surface area (Å²) in [6.45, 7) is 6.81. The summed E-state index contributed by atoms with van der Waals surface area (Å²) in [7, 11) is -0.830. The van der Waals surface area contributed by atoms with E-state index in [-0.39, 0.29) is 0 Å². The van der Waals surface area contributed by atoms with Crippen LogP contribution in [-0.4, -0.2) is 35.9 Å². The van der Waals surface area contributed by atoms with Gasteiger partial charge >= 0.3 is 8.80 Å². The van der Waals surface area contributed by atoms with Gasteiger partial charge in [0.15, 0.2) is 0 Å². The summed E-state index contributed by atoms with van der Waals surface area (Å²) in [5.74, 6) is 0. The van der Waals surface area contributed by atoms with Gasteiger partial charge in [-0.25, -0.2) is 0 Å². The van der Waals surface area contributed by atoms with Crippen LogP contribution in [0.25, 0.3) is 0 Å². The molecule has 5 heteroatoms. The molecular formula is C7H20O3Si2. The predicted molar refractivity (Wildman–Crippen MR) is 55.0 cm³/mol. The average Bonchev–Trinajstić information content (AvgIpc) is 1.99. The Morgan fingerprint density at radius 3 is 1.67 bits per heavy atom. The molecule has 0 heterocycles. The van der Waals surface area contributed by atoms with E-state index in [2.05, 4.69) is 19.6 Å². The lowest BCUT2D eigenvalue weighted by Crippen LogP contribution is -2.41. The van der Waals surface area contributed by atoms with Crippen LogP contribution in [0.15, 0.2) is 0 Å². The van der Waals surface area contributed by atoms with Gasteiger partial charge in [0, 0.05) is 28.3 Å². The lowest BCUT2D eigenvalue weighted by molar-refractivity contribution is 0.153. The zero-order valence-electron chi connectivity index (χ0n) is 8.68. The van der Waals surface area contributed by atoms with Crippen LogP contribution < -0.4 is 0 Å². The van der Waals surface area contributed by atoms with Gasteiger partial charge in [0.25, 0.3) is 0 Å². The first kappa shape index (κ1) is 12.3. The fourth-order valence-corrected chi connectivity index (χ4v) is 5.66. The smallest absolute Gasteiger partial charge is 0.390 e. The topological polar surface area (TPSA) is 38.7 Å². The zero-order valence-corrected chi connectivity index (χ0v) is 10.7. The molecule has 12 heavy (non-hydrogen) atoms. The van der Waals surface area contributed by atoms with Gasteiger partial charge in [0.1, 0.15) is 0 Å². The van der Waals surface area contributed by atoms with Crippen LogP contribution in [0.3, 0.4) is 0 Å². The van der Waals surface area contributed by atoms with Crippen LogP contribution in [0.5, 0.6) is 0 Å². The van der Waals surface area contributed by atoms with E-state index in [1.165, 1.54) is 14.2 Å². The van der Waals surface area contributed by atoms with Gasteiger partial charge in [0.05, 0.1) is 0 Å². The number of hydrogen-bond donors (Lipinski definition) is 1. The van der Waals surface area contributed by atoms with Gasteiger partial charge in [-0.1, -0.05) is 25.7 Å². The van der Waals surface area contributed by atoms with Crippen LogP contribution in [-0.2, 0) is 8.85 Å². The highest BCUT2D eigenvalue weighted by atomic mass is 28.4. The molecular weight excluding hydrogens is 188 g/mol. The van der Waals surface area contributed by atoms with Gasteiger partial charge in [-0.2, -0.15) is 0 Å². The van der Waals surface area contributed by atoms with Crippen LogP contribution >= 0.6 is 0 Å². The molecule has 0 radical (unpaired) electrons. The van der Waals surface area contributed by atoms with Crippen LogP contribution in [0, 0.1) is 0 Å². The molecule has 3 nitrogen and oxygen atoms in total. The Balaban J connectivity index is 3.89. The Morgan fingerprint density at radius 1 is 1.00 bits per heavy atom. The van der Waals surface area contributed by atoms with E-state index in [0.29, 0.717) is 6.04 Å². The van der Waals surface area contributed by atoms with E-state index in [4.69, 9.17) is 8.85 Å². The summed E-state index contributed by atoms with van der Waals surface area (Å²) >= 11 is 0. The monoisotopic (exact) mass is 208 g/mol. The molecule has 0 unspecified atom stereocenters. The Labute approximate surface area is 77.1 Å². The van der Waals surface area contributed by atoms with Gasteiger partial charge in [-0.05, 0) is 0 Å². The highest BCUT2D eigenvalue weighted by molar-refractivity contribution is 6.77. The molecule has 0 fully saturated rings. The molecule has 0 aromatic carbocycles. The van der Waals surface area contributed by atoms with Crippen molar-refractivity contribution >= 4 is 16.9 Å². The fraction of sp³-hybridized carbons (Fsp3) is 1.00. The van der Waals surface area contributed by atoms with E-state index in [9.17, 15) is 4.80 Å². The molecule has 0 saturated heterocycles. The lowest BCUT2D eigenvalue weighted by atomic mass is 10.9. The van der Waals surface area contributed by atoms with Crippen molar-refractivity contribution in [3.63, 3.8) is 0 Å². The van der Waals surface area contributed by atoms with Crippen LogP contribution in [0.4, 0.5) is 0 Å². The highest BCUT2D eigenvalue weighted by Gasteiger charge is 2.35. The molecule has 0 saturated carbocycles. The molecule has 0 aromatic heterocycles. The number of rotatable bonds is 5. The first-order chi connectivity index (χ1) is 5.33. The van der Waals surface area contributed by atoms with Gasteiger partial charge in [-0.3, -0.25) is 0 Å². The third-order valence-electron chi connectivity index (χ3n) is 1.83. The van der Waals surface area contributed by atoms with Crippen molar-refractivity contribution in [2.24, 2.45) is 0 Å². The van der Waals surface area contributed by atoms with Gasteiger partial charge in [-0.15, -0.1) is 0 Å². The molecule has 0 aliphatic heterocycles. The van der Waals surface area contributed by atoms with Crippen LogP contribution in [0.1, 0.15) is 0 Å². The van der Waals surface area contributed by atoms with Crippen molar-refractivity contribution in [2.75, 3.05) is 14.2 Å². The van der Waals surface area contributed by atoms with E-state index in [1.807, 2.05) is 0 Å². The summed E-state index contributed by atoms with van der Waals surface area (Å²) in [6.07, 6.45) is 0. The van der Waals surface area contributed by atoms with Gasteiger partial charge in [0.2, 0.25) is 0 Å². The normalized spacial score (nSPS) is 13.5. The summed E-state index contributed by atoms with van der Waals surface area (Å²) in [5, 5.41) is 0. The van der Waals surface area contributed by atoms with Crippen molar-refractivity contribution in [2.45, 2.75) is 31.7 Å². The molecule has 0 aliphatic carbocycles. The number of hydrogen-bond acceptors (Lipinski definition) is 3. The molecule has 0 spiro atoms. The second-order valence-electron chi connectivity index (χ2n) is 4.18. The second-order valence-corrected chi connectivity index (χ2v) is 12.5. The first-order valence-corrected chi connectivity index (χ1v) is 9.83. The zero-order chi connectivity index (χ0) is 9.83. The SMILES string of the molecule is CO[Si](O)(CC[Si](C)(C)C)OC. The minimum absolute atomic E-state index is 0.690. The minimum Gasteiger partial charge on any atom is -0.390 e. The molecule has 0 aliphatic rings. The Kier molecular flexibility index (Phi) is 4.64. The van der Waals surface area contributed by atoms with Crippen molar-refractivity contribution in [1.29, 1.82) is 0 Å². The fourth-order valence-electron chi connectivity index (χ4n) is 0.820. The van der Waals surface area contributed by atoms with Crippen molar-refractivity contribution in [1.82, 2.24) is 0 Å². The Morgan fingerprint density at radius 2 is 1.42 bits per heavy atom. The standard InChI is InChI=1S/C7H20O3Si2/c1-9-12(8,10-2)7-6-11(3,4)5/h8H,6-7H2,1-5H3. The molecule has 0 rings (SSSR count). The molecule has 74 valence electrons. The predicted octanol–water partition coefficient (Wildman–Crippen LogP) is 1.55.